The Hall–Kier alpha value is -2.57. The van der Waals surface area contributed by atoms with Crippen LogP contribution in [0.5, 0.6) is 11.5 Å². The fraction of sp³-hybridized carbons (Fsp3) is 0.640. The van der Waals surface area contributed by atoms with Crippen LogP contribution in [0, 0.1) is 10.8 Å². The Morgan fingerprint density at radius 3 is 1.78 bits per heavy atom. The summed E-state index contributed by atoms with van der Waals surface area (Å²) in [6.07, 6.45) is 2.91. The number of carbonyl (C=O) groups is 3. The van der Waals surface area contributed by atoms with Crippen molar-refractivity contribution in [1.29, 1.82) is 0 Å². The van der Waals surface area contributed by atoms with Crippen LogP contribution in [0.1, 0.15) is 77.1 Å². The van der Waals surface area contributed by atoms with Gasteiger partial charge in [0.05, 0.1) is 43.8 Å². The summed E-state index contributed by atoms with van der Waals surface area (Å²) in [6.45, 7) is 9.96. The first-order valence-electron chi connectivity index (χ1n) is 11.1. The molecule has 180 valence electrons. The largest absolute Gasteiger partial charge is 0.494 e. The second-order valence-corrected chi connectivity index (χ2v) is 9.09. The van der Waals surface area contributed by atoms with Crippen molar-refractivity contribution in [3.63, 3.8) is 0 Å². The molecule has 32 heavy (non-hydrogen) atoms. The van der Waals surface area contributed by atoms with Crippen LogP contribution in [-0.2, 0) is 19.1 Å². The molecular weight excluding hydrogens is 412 g/mol. The molecule has 1 rings (SSSR count). The Bertz CT molecular complexity index is 780. The van der Waals surface area contributed by atoms with Crippen LogP contribution in [0.15, 0.2) is 18.2 Å². The lowest BCUT2D eigenvalue weighted by molar-refractivity contribution is -0.152. The number of carbonyl (C=O) groups excluding carboxylic acids is 3. The Morgan fingerprint density at radius 2 is 1.31 bits per heavy atom. The topological polar surface area (TPSA) is 88.1 Å². The third kappa shape index (κ3) is 8.17. The number of Topliss-reactive ketones (excluding diaryl/α,β-unsaturated/α-hetero) is 1. The fourth-order valence-electron chi connectivity index (χ4n) is 3.29. The number of methoxy groups -OCH3 is 2. The summed E-state index contributed by atoms with van der Waals surface area (Å²) < 4.78 is 21.3. The predicted octanol–water partition coefficient (Wildman–Crippen LogP) is 5.00. The lowest BCUT2D eigenvalue weighted by Crippen LogP contribution is -2.26. The van der Waals surface area contributed by atoms with Gasteiger partial charge in [0.2, 0.25) is 0 Å². The van der Waals surface area contributed by atoms with Crippen molar-refractivity contribution in [3.8, 4) is 11.5 Å². The van der Waals surface area contributed by atoms with Gasteiger partial charge in [-0.2, -0.15) is 0 Å². The normalized spacial score (nSPS) is 11.6. The van der Waals surface area contributed by atoms with Gasteiger partial charge in [0, 0.05) is 6.42 Å². The highest BCUT2D eigenvalue weighted by Crippen LogP contribution is 2.29. The van der Waals surface area contributed by atoms with E-state index in [2.05, 4.69) is 0 Å². The third-order valence-corrected chi connectivity index (χ3v) is 5.47. The summed E-state index contributed by atoms with van der Waals surface area (Å²) >= 11 is 0. The van der Waals surface area contributed by atoms with Crippen molar-refractivity contribution in [2.24, 2.45) is 10.8 Å². The summed E-state index contributed by atoms with van der Waals surface area (Å²) in [5.41, 5.74) is -0.672. The van der Waals surface area contributed by atoms with E-state index in [0.717, 1.165) is 0 Å². The van der Waals surface area contributed by atoms with E-state index in [1.54, 1.807) is 25.1 Å². The van der Waals surface area contributed by atoms with E-state index in [1.807, 2.05) is 27.7 Å². The molecule has 0 atom stereocenters. The Morgan fingerprint density at radius 1 is 0.812 bits per heavy atom. The molecular formula is C25H38O7. The van der Waals surface area contributed by atoms with Crippen LogP contribution >= 0.6 is 0 Å². The molecule has 1 aromatic carbocycles. The van der Waals surface area contributed by atoms with Crippen LogP contribution in [0.2, 0.25) is 0 Å². The molecule has 0 heterocycles. The van der Waals surface area contributed by atoms with Crippen LogP contribution in [0.4, 0.5) is 0 Å². The molecule has 7 heteroatoms. The van der Waals surface area contributed by atoms with Gasteiger partial charge in [-0.1, -0.05) is 6.92 Å². The molecule has 0 amide bonds. The van der Waals surface area contributed by atoms with Gasteiger partial charge < -0.3 is 18.9 Å². The maximum Gasteiger partial charge on any atom is 0.311 e. The zero-order valence-electron chi connectivity index (χ0n) is 20.5. The van der Waals surface area contributed by atoms with Gasteiger partial charge in [0.15, 0.2) is 5.78 Å². The molecule has 0 radical (unpaired) electrons. The van der Waals surface area contributed by atoms with Gasteiger partial charge in [-0.25, -0.2) is 0 Å². The minimum atomic E-state index is -0.583. The molecule has 0 unspecified atom stereocenters. The number of esters is 2. The molecule has 0 aliphatic carbocycles. The van der Waals surface area contributed by atoms with Crippen LogP contribution < -0.4 is 9.47 Å². The number of rotatable bonds is 14. The molecule has 0 spiro atoms. The van der Waals surface area contributed by atoms with Crippen molar-refractivity contribution in [3.05, 3.63) is 23.8 Å². The molecule has 0 aliphatic heterocycles. The van der Waals surface area contributed by atoms with Gasteiger partial charge in [0.1, 0.15) is 11.5 Å². The van der Waals surface area contributed by atoms with E-state index in [0.29, 0.717) is 62.4 Å². The molecule has 7 nitrogen and oxygen atoms in total. The van der Waals surface area contributed by atoms with Crippen molar-refractivity contribution >= 4 is 17.7 Å². The Labute approximate surface area is 191 Å². The summed E-state index contributed by atoms with van der Waals surface area (Å²) in [5.74, 6) is 0.552. The van der Waals surface area contributed by atoms with E-state index in [1.165, 1.54) is 14.2 Å². The zero-order chi connectivity index (χ0) is 24.4. The van der Waals surface area contributed by atoms with E-state index < -0.39 is 10.8 Å². The second-order valence-electron chi connectivity index (χ2n) is 9.09. The van der Waals surface area contributed by atoms with Gasteiger partial charge in [-0.05, 0) is 71.6 Å². The SMILES string of the molecule is CCC(=O)c1cc(OCCCC(C)(C)C(=O)OC)ccc1OCCCC(C)(C)C(=O)OC. The summed E-state index contributed by atoms with van der Waals surface area (Å²) in [4.78, 5) is 36.0. The van der Waals surface area contributed by atoms with E-state index in [-0.39, 0.29) is 17.7 Å². The highest BCUT2D eigenvalue weighted by atomic mass is 16.5. The van der Waals surface area contributed by atoms with Crippen molar-refractivity contribution in [2.45, 2.75) is 66.7 Å². The lowest BCUT2D eigenvalue weighted by Gasteiger charge is -2.21. The predicted molar refractivity (Wildman–Crippen MR) is 122 cm³/mol. The molecule has 0 fully saturated rings. The van der Waals surface area contributed by atoms with Crippen LogP contribution in [0.25, 0.3) is 0 Å². The number of ketones is 1. The maximum atomic E-state index is 12.4. The quantitative estimate of drug-likeness (QED) is 0.224. The van der Waals surface area contributed by atoms with Crippen molar-refractivity contribution in [1.82, 2.24) is 0 Å². The molecule has 0 N–H and O–H groups in total. The summed E-state index contributed by atoms with van der Waals surface area (Å²) in [6, 6.07) is 5.21. The first-order valence-corrected chi connectivity index (χ1v) is 11.1. The average molecular weight is 451 g/mol. The Kier molecular flexibility index (Phi) is 10.7. The van der Waals surface area contributed by atoms with Crippen LogP contribution in [-0.4, -0.2) is 45.2 Å². The smallest absolute Gasteiger partial charge is 0.311 e. The fourth-order valence-corrected chi connectivity index (χ4v) is 3.29. The zero-order valence-corrected chi connectivity index (χ0v) is 20.5. The summed E-state index contributed by atoms with van der Waals surface area (Å²) in [7, 11) is 2.77. The van der Waals surface area contributed by atoms with Gasteiger partial charge in [0.25, 0.3) is 0 Å². The minimum Gasteiger partial charge on any atom is -0.494 e. The molecule has 0 saturated carbocycles. The lowest BCUT2D eigenvalue weighted by atomic mass is 9.88. The molecule has 1 aromatic rings. The van der Waals surface area contributed by atoms with Gasteiger partial charge in [-0.15, -0.1) is 0 Å². The monoisotopic (exact) mass is 450 g/mol. The maximum absolute atomic E-state index is 12.4. The van der Waals surface area contributed by atoms with Gasteiger partial charge in [-0.3, -0.25) is 14.4 Å². The van der Waals surface area contributed by atoms with E-state index in [9.17, 15) is 14.4 Å². The molecule has 0 aromatic heterocycles. The number of benzene rings is 1. The number of ether oxygens (including phenoxy) is 4. The highest BCUT2D eigenvalue weighted by molar-refractivity contribution is 5.98. The summed E-state index contributed by atoms with van der Waals surface area (Å²) in [5, 5.41) is 0. The van der Waals surface area contributed by atoms with E-state index in [4.69, 9.17) is 18.9 Å². The van der Waals surface area contributed by atoms with E-state index >= 15 is 0 Å². The standard InChI is InChI=1S/C25H38O7/c1-8-20(26)19-17-18(31-15-9-13-24(2,3)22(27)29-6)11-12-21(19)32-16-10-14-25(4,5)23(28)30-7/h11-12,17H,8-10,13-16H2,1-7H3. The van der Waals surface area contributed by atoms with Gasteiger partial charge >= 0.3 is 11.9 Å². The molecule has 0 saturated heterocycles. The first kappa shape index (κ1) is 27.5. The molecule has 0 aliphatic rings. The third-order valence-electron chi connectivity index (χ3n) is 5.47. The minimum absolute atomic E-state index is 0.0350. The van der Waals surface area contributed by atoms with Crippen LogP contribution in [0.3, 0.4) is 0 Å². The second kappa shape index (κ2) is 12.5. The van der Waals surface area contributed by atoms with Crippen molar-refractivity contribution in [2.75, 3.05) is 27.4 Å². The molecule has 0 bridgehead atoms. The number of hydrogen-bond donors (Lipinski definition) is 0. The highest BCUT2D eigenvalue weighted by Gasteiger charge is 2.28. The first-order chi connectivity index (χ1) is 15.0. The number of hydrogen-bond acceptors (Lipinski definition) is 7. The van der Waals surface area contributed by atoms with Crippen molar-refractivity contribution < 1.29 is 33.3 Å². The Balaban J connectivity index is 2.69. The average Bonchev–Trinajstić information content (AvgIpc) is 2.78.